The molecule has 0 amide bonds. The van der Waals surface area contributed by atoms with Crippen LogP contribution in [0.5, 0.6) is 0 Å². The number of pyridine rings is 1. The number of aliphatic hydroxyl groups excluding tert-OH is 1. The van der Waals surface area contributed by atoms with Gasteiger partial charge in [-0.05, 0) is 17.7 Å². The van der Waals surface area contributed by atoms with Gasteiger partial charge in [-0.15, -0.1) is 12.4 Å². The molecular formula is C21H22ClN3O. The second-order valence-electron chi connectivity index (χ2n) is 5.69. The van der Waals surface area contributed by atoms with Crippen molar-refractivity contribution in [3.8, 4) is 0 Å². The summed E-state index contributed by atoms with van der Waals surface area (Å²) in [6, 6.07) is 22.3. The van der Waals surface area contributed by atoms with E-state index in [1.165, 1.54) is 10.9 Å². The van der Waals surface area contributed by atoms with Crippen LogP contribution in [0.3, 0.4) is 0 Å². The van der Waals surface area contributed by atoms with E-state index in [-0.39, 0.29) is 19.0 Å². The minimum atomic E-state index is 0. The summed E-state index contributed by atoms with van der Waals surface area (Å²) >= 11 is 0. The molecule has 4 aromatic rings. The molecule has 2 N–H and O–H groups in total. The van der Waals surface area contributed by atoms with Crippen molar-refractivity contribution in [1.82, 2.24) is 15.0 Å². The first kappa shape index (κ1) is 19.6. The summed E-state index contributed by atoms with van der Waals surface area (Å²) in [4.78, 5) is 11.6. The zero-order valence-electron chi connectivity index (χ0n) is 14.4. The van der Waals surface area contributed by atoms with Gasteiger partial charge in [0.1, 0.15) is 5.82 Å². The highest BCUT2D eigenvalue weighted by Gasteiger charge is 2.00. The monoisotopic (exact) mass is 367 g/mol. The van der Waals surface area contributed by atoms with E-state index >= 15 is 0 Å². The van der Waals surface area contributed by atoms with E-state index in [9.17, 15) is 0 Å². The molecule has 0 saturated carbocycles. The van der Waals surface area contributed by atoms with Crippen LogP contribution in [0, 0.1) is 0 Å². The lowest BCUT2D eigenvalue weighted by Gasteiger charge is -1.97. The first-order valence-electron chi connectivity index (χ1n) is 8.32. The van der Waals surface area contributed by atoms with Crippen LogP contribution in [0.2, 0.25) is 0 Å². The second-order valence-corrected chi connectivity index (χ2v) is 5.69. The molecule has 2 aromatic carbocycles. The normalized spacial score (nSPS) is 9.88. The number of aromatic amines is 1. The van der Waals surface area contributed by atoms with Crippen LogP contribution >= 0.6 is 12.4 Å². The number of hydrogen-bond acceptors (Lipinski definition) is 3. The Hall–Kier alpha value is -2.69. The zero-order valence-corrected chi connectivity index (χ0v) is 15.2. The van der Waals surface area contributed by atoms with Crippen LogP contribution in [0.15, 0.2) is 79.1 Å². The lowest BCUT2D eigenvalue weighted by atomic mass is 10.1. The predicted molar refractivity (Wildman–Crippen MR) is 108 cm³/mol. The minimum absolute atomic E-state index is 0. The van der Waals surface area contributed by atoms with Gasteiger partial charge < -0.3 is 10.1 Å². The molecule has 0 aliphatic carbocycles. The van der Waals surface area contributed by atoms with E-state index in [0.29, 0.717) is 6.42 Å². The lowest BCUT2D eigenvalue weighted by molar-refractivity contribution is 0.297. The predicted octanol–water partition coefficient (Wildman–Crippen LogP) is 4.19. The summed E-state index contributed by atoms with van der Waals surface area (Å²) in [5.74, 6) is 0.850. The van der Waals surface area contributed by atoms with Gasteiger partial charge in [0.05, 0.1) is 12.1 Å². The van der Waals surface area contributed by atoms with E-state index in [1.54, 1.807) is 0 Å². The molecule has 0 radical (unpaired) electrons. The van der Waals surface area contributed by atoms with Crippen molar-refractivity contribution in [2.24, 2.45) is 0 Å². The van der Waals surface area contributed by atoms with Gasteiger partial charge in [-0.1, -0.05) is 54.6 Å². The standard InChI is InChI=1S/C12H14N2O.C9H7N.ClH/c15-7-6-12-13-9-11(14-12)8-10-4-2-1-3-5-10;1-2-6-9-8(4-1)5-3-7-10-9;/h1-5,9,15H,6-8H2,(H,13,14);1-7H;1H. The van der Waals surface area contributed by atoms with Crippen molar-refractivity contribution in [2.75, 3.05) is 6.61 Å². The second kappa shape index (κ2) is 10.3. The SMILES string of the molecule is Cl.OCCc1ncc(Cc2ccccc2)[nH]1.c1ccc2ncccc2c1. The minimum Gasteiger partial charge on any atom is -0.396 e. The molecule has 2 heterocycles. The highest BCUT2D eigenvalue weighted by Crippen LogP contribution is 2.08. The molecule has 2 aromatic heterocycles. The molecule has 4 nitrogen and oxygen atoms in total. The number of imidazole rings is 1. The topological polar surface area (TPSA) is 61.8 Å². The molecular weight excluding hydrogens is 346 g/mol. The number of nitrogens with zero attached hydrogens (tertiary/aromatic N) is 2. The molecule has 5 heteroatoms. The fraction of sp³-hybridized carbons (Fsp3) is 0.143. The quantitative estimate of drug-likeness (QED) is 0.568. The maximum absolute atomic E-state index is 8.76. The average Bonchev–Trinajstić information content (AvgIpc) is 3.10. The molecule has 0 fully saturated rings. The van der Waals surface area contributed by atoms with Crippen molar-refractivity contribution in [3.05, 3.63) is 96.2 Å². The van der Waals surface area contributed by atoms with Gasteiger partial charge in [0.25, 0.3) is 0 Å². The summed E-state index contributed by atoms with van der Waals surface area (Å²) in [6.45, 7) is 0.137. The molecule has 0 spiro atoms. The van der Waals surface area contributed by atoms with Crippen LogP contribution in [-0.2, 0) is 12.8 Å². The largest absolute Gasteiger partial charge is 0.396 e. The van der Waals surface area contributed by atoms with Crippen LogP contribution < -0.4 is 0 Å². The van der Waals surface area contributed by atoms with Crippen LogP contribution in [-0.4, -0.2) is 26.7 Å². The van der Waals surface area contributed by atoms with Gasteiger partial charge in [-0.25, -0.2) is 4.98 Å². The number of nitrogens with one attached hydrogen (secondary N) is 1. The van der Waals surface area contributed by atoms with Crippen molar-refractivity contribution >= 4 is 23.3 Å². The number of fused-ring (bicyclic) bond motifs is 1. The number of rotatable bonds is 4. The summed E-state index contributed by atoms with van der Waals surface area (Å²) in [7, 11) is 0. The van der Waals surface area contributed by atoms with Gasteiger partial charge in [-0.2, -0.15) is 0 Å². The Kier molecular flexibility index (Phi) is 7.80. The summed E-state index contributed by atoms with van der Waals surface area (Å²) in [5, 5.41) is 9.96. The number of halogens is 1. The van der Waals surface area contributed by atoms with Crippen molar-refractivity contribution in [2.45, 2.75) is 12.8 Å². The van der Waals surface area contributed by atoms with Gasteiger partial charge in [-0.3, -0.25) is 4.98 Å². The number of hydrogen-bond donors (Lipinski definition) is 2. The van der Waals surface area contributed by atoms with Crippen molar-refractivity contribution < 1.29 is 5.11 Å². The molecule has 0 aliphatic rings. The maximum Gasteiger partial charge on any atom is 0.108 e. The van der Waals surface area contributed by atoms with Gasteiger partial charge in [0.2, 0.25) is 0 Å². The molecule has 0 saturated heterocycles. The van der Waals surface area contributed by atoms with E-state index < -0.39 is 0 Å². The van der Waals surface area contributed by atoms with Crippen molar-refractivity contribution in [3.63, 3.8) is 0 Å². The fourth-order valence-corrected chi connectivity index (χ4v) is 2.56. The Labute approximate surface area is 159 Å². The van der Waals surface area contributed by atoms with Gasteiger partial charge in [0.15, 0.2) is 0 Å². The maximum atomic E-state index is 8.76. The Bertz CT molecular complexity index is 844. The molecule has 26 heavy (non-hydrogen) atoms. The molecule has 134 valence electrons. The van der Waals surface area contributed by atoms with Crippen LogP contribution in [0.25, 0.3) is 10.9 Å². The van der Waals surface area contributed by atoms with E-state index in [2.05, 4.69) is 39.2 Å². The van der Waals surface area contributed by atoms with Crippen LogP contribution in [0.1, 0.15) is 17.1 Å². The zero-order chi connectivity index (χ0) is 17.3. The average molecular weight is 368 g/mol. The first-order valence-corrected chi connectivity index (χ1v) is 8.32. The summed E-state index contributed by atoms with van der Waals surface area (Å²) < 4.78 is 0. The van der Waals surface area contributed by atoms with E-state index in [0.717, 1.165) is 23.5 Å². The number of aromatic nitrogens is 3. The van der Waals surface area contributed by atoms with Crippen molar-refractivity contribution in [1.29, 1.82) is 0 Å². The molecule has 0 atom stereocenters. The Balaban J connectivity index is 0.000000193. The van der Waals surface area contributed by atoms with Gasteiger partial charge >= 0.3 is 0 Å². The summed E-state index contributed by atoms with van der Waals surface area (Å²) in [6.07, 6.45) is 5.09. The van der Waals surface area contributed by atoms with Gasteiger partial charge in [0, 0.05) is 36.3 Å². The summed E-state index contributed by atoms with van der Waals surface area (Å²) in [5.41, 5.74) is 3.41. The third-order valence-corrected chi connectivity index (χ3v) is 3.78. The third kappa shape index (κ3) is 5.69. The molecule has 0 unspecified atom stereocenters. The number of aliphatic hydroxyl groups is 1. The highest BCUT2D eigenvalue weighted by atomic mass is 35.5. The number of para-hydroxylation sites is 1. The first-order chi connectivity index (χ1) is 12.3. The van der Waals surface area contributed by atoms with E-state index in [4.69, 9.17) is 5.11 Å². The van der Waals surface area contributed by atoms with Crippen LogP contribution in [0.4, 0.5) is 0 Å². The lowest BCUT2D eigenvalue weighted by Crippen LogP contribution is -1.93. The number of benzene rings is 2. The smallest absolute Gasteiger partial charge is 0.108 e. The Morgan fingerprint density at radius 2 is 1.58 bits per heavy atom. The Morgan fingerprint density at radius 3 is 2.35 bits per heavy atom. The fourth-order valence-electron chi connectivity index (χ4n) is 2.56. The Morgan fingerprint density at radius 1 is 0.846 bits per heavy atom. The highest BCUT2D eigenvalue weighted by molar-refractivity contribution is 5.85. The van der Waals surface area contributed by atoms with E-state index in [1.807, 2.05) is 54.9 Å². The molecule has 0 bridgehead atoms. The molecule has 4 rings (SSSR count). The number of H-pyrrole nitrogens is 1. The molecule has 0 aliphatic heterocycles. The third-order valence-electron chi connectivity index (χ3n) is 3.78.